The number of fused-ring (bicyclic) bond motifs is 6. The van der Waals surface area contributed by atoms with Gasteiger partial charge in [-0.25, -0.2) is 4.79 Å². The molecule has 2 aromatic rings. The van der Waals surface area contributed by atoms with Gasteiger partial charge in [0.1, 0.15) is 6.61 Å². The molecule has 2 aliphatic carbocycles. The maximum absolute atomic E-state index is 12.7. The smallest absolute Gasteiger partial charge is 0.410 e. The summed E-state index contributed by atoms with van der Waals surface area (Å²) in [5.74, 6) is 0.305. The van der Waals surface area contributed by atoms with Crippen LogP contribution in [0.15, 0.2) is 48.5 Å². The SMILES string of the molecule is O=C(OCC1c2ccccc2-c2ccccc21)N1CC2CCC1CC2O. The Bertz CT molecular complexity index is 803. The highest BCUT2D eigenvalue weighted by molar-refractivity contribution is 5.79. The molecule has 0 spiro atoms. The molecular formula is C22H23NO3. The summed E-state index contributed by atoms with van der Waals surface area (Å²) in [7, 11) is 0. The van der Waals surface area contributed by atoms with Gasteiger partial charge in [0.25, 0.3) is 0 Å². The quantitative estimate of drug-likeness (QED) is 0.898. The zero-order chi connectivity index (χ0) is 17.7. The number of aliphatic hydroxyl groups is 1. The van der Waals surface area contributed by atoms with Crippen LogP contribution in [0.3, 0.4) is 0 Å². The van der Waals surface area contributed by atoms with Gasteiger partial charge in [-0.1, -0.05) is 48.5 Å². The summed E-state index contributed by atoms with van der Waals surface area (Å²) in [6.07, 6.45) is 2.19. The minimum atomic E-state index is -0.258. The fraction of sp³-hybridized carbons (Fsp3) is 0.409. The number of carbonyl (C=O) groups excluding carboxylic acids is 1. The van der Waals surface area contributed by atoms with Crippen LogP contribution in [-0.4, -0.2) is 41.4 Å². The number of nitrogens with zero attached hydrogens (tertiary/aromatic N) is 1. The Labute approximate surface area is 153 Å². The van der Waals surface area contributed by atoms with E-state index in [1.165, 1.54) is 22.3 Å². The van der Waals surface area contributed by atoms with Crippen molar-refractivity contribution < 1.29 is 14.6 Å². The van der Waals surface area contributed by atoms with Crippen molar-refractivity contribution >= 4 is 6.09 Å². The van der Waals surface area contributed by atoms with E-state index >= 15 is 0 Å². The van der Waals surface area contributed by atoms with Gasteiger partial charge in [-0.2, -0.15) is 0 Å². The molecule has 2 aliphatic heterocycles. The van der Waals surface area contributed by atoms with Gasteiger partial charge in [-0.15, -0.1) is 0 Å². The second-order valence-corrected chi connectivity index (χ2v) is 7.75. The summed E-state index contributed by atoms with van der Waals surface area (Å²) in [5.41, 5.74) is 4.95. The summed E-state index contributed by atoms with van der Waals surface area (Å²) >= 11 is 0. The Morgan fingerprint density at radius 2 is 1.69 bits per heavy atom. The molecule has 134 valence electrons. The highest BCUT2D eigenvalue weighted by Gasteiger charge is 2.42. The minimum Gasteiger partial charge on any atom is -0.448 e. The van der Waals surface area contributed by atoms with Crippen LogP contribution in [0, 0.1) is 5.92 Å². The predicted molar refractivity (Wildman–Crippen MR) is 98.9 cm³/mol. The Hall–Kier alpha value is -2.33. The second kappa shape index (κ2) is 6.13. The molecule has 3 fully saturated rings. The summed E-state index contributed by atoms with van der Waals surface area (Å²) in [5, 5.41) is 10.0. The van der Waals surface area contributed by atoms with Gasteiger partial charge in [0.05, 0.1) is 6.10 Å². The maximum Gasteiger partial charge on any atom is 0.410 e. The average Bonchev–Trinajstić information content (AvgIpc) is 3.00. The van der Waals surface area contributed by atoms with E-state index in [0.717, 1.165) is 12.8 Å². The lowest BCUT2D eigenvalue weighted by Crippen LogP contribution is -2.56. The van der Waals surface area contributed by atoms with Crippen molar-refractivity contribution in [2.45, 2.75) is 37.3 Å². The van der Waals surface area contributed by atoms with Crippen LogP contribution in [0.4, 0.5) is 4.79 Å². The highest BCUT2D eigenvalue weighted by Crippen LogP contribution is 2.44. The Morgan fingerprint density at radius 1 is 1.04 bits per heavy atom. The molecule has 26 heavy (non-hydrogen) atoms. The molecule has 1 N–H and O–H groups in total. The van der Waals surface area contributed by atoms with Gasteiger partial charge in [-0.05, 0) is 41.5 Å². The van der Waals surface area contributed by atoms with Crippen LogP contribution in [0.1, 0.15) is 36.3 Å². The molecule has 1 saturated carbocycles. The molecule has 4 nitrogen and oxygen atoms in total. The third kappa shape index (κ3) is 2.43. The number of amides is 1. The Balaban J connectivity index is 1.34. The van der Waals surface area contributed by atoms with E-state index < -0.39 is 0 Å². The van der Waals surface area contributed by atoms with Crippen molar-refractivity contribution in [1.29, 1.82) is 0 Å². The van der Waals surface area contributed by atoms with Crippen molar-refractivity contribution in [2.75, 3.05) is 13.2 Å². The fourth-order valence-corrected chi connectivity index (χ4v) is 4.99. The number of carbonyl (C=O) groups is 1. The fourth-order valence-electron chi connectivity index (χ4n) is 4.99. The molecule has 2 aromatic carbocycles. The van der Waals surface area contributed by atoms with Crippen LogP contribution in [0.25, 0.3) is 11.1 Å². The molecule has 6 rings (SSSR count). The molecule has 1 amide bonds. The zero-order valence-corrected chi connectivity index (χ0v) is 14.7. The largest absolute Gasteiger partial charge is 0.448 e. The molecule has 3 atom stereocenters. The molecule has 4 aliphatic rings. The number of aliphatic hydroxyl groups excluding tert-OH is 1. The summed E-state index contributed by atoms with van der Waals surface area (Å²) < 4.78 is 5.77. The number of hydrogen-bond acceptors (Lipinski definition) is 3. The van der Waals surface area contributed by atoms with Gasteiger partial charge in [-0.3, -0.25) is 0 Å². The molecular weight excluding hydrogens is 326 g/mol. The first-order valence-electron chi connectivity index (χ1n) is 9.52. The third-order valence-corrected chi connectivity index (χ3v) is 6.37. The van der Waals surface area contributed by atoms with Crippen molar-refractivity contribution in [3.8, 4) is 11.1 Å². The topological polar surface area (TPSA) is 49.8 Å². The van der Waals surface area contributed by atoms with Crippen LogP contribution in [-0.2, 0) is 4.74 Å². The van der Waals surface area contributed by atoms with E-state index in [-0.39, 0.29) is 30.1 Å². The van der Waals surface area contributed by atoms with Crippen molar-refractivity contribution in [2.24, 2.45) is 5.92 Å². The summed E-state index contributed by atoms with van der Waals surface area (Å²) in [4.78, 5) is 14.5. The van der Waals surface area contributed by atoms with E-state index in [2.05, 4.69) is 36.4 Å². The normalized spacial score (nSPS) is 26.5. The van der Waals surface area contributed by atoms with Crippen LogP contribution in [0.5, 0.6) is 0 Å². The van der Waals surface area contributed by atoms with E-state index in [4.69, 9.17) is 4.74 Å². The molecule has 2 saturated heterocycles. The van der Waals surface area contributed by atoms with Gasteiger partial charge in [0.15, 0.2) is 0 Å². The van der Waals surface area contributed by atoms with Crippen LogP contribution in [0.2, 0.25) is 0 Å². The first kappa shape index (κ1) is 15.9. The maximum atomic E-state index is 12.7. The number of ether oxygens (including phenoxy) is 1. The molecule has 0 aromatic heterocycles. The van der Waals surface area contributed by atoms with Crippen molar-refractivity contribution in [3.63, 3.8) is 0 Å². The van der Waals surface area contributed by atoms with Crippen molar-refractivity contribution in [1.82, 2.24) is 4.90 Å². The zero-order valence-electron chi connectivity index (χ0n) is 14.7. The Morgan fingerprint density at radius 3 is 2.27 bits per heavy atom. The Kier molecular flexibility index (Phi) is 3.75. The molecule has 4 heteroatoms. The molecule has 2 heterocycles. The van der Waals surface area contributed by atoms with Crippen LogP contribution >= 0.6 is 0 Å². The molecule has 3 unspecified atom stereocenters. The second-order valence-electron chi connectivity index (χ2n) is 7.75. The number of hydrogen-bond donors (Lipinski definition) is 1. The number of benzene rings is 2. The van der Waals surface area contributed by atoms with E-state index in [0.29, 0.717) is 19.6 Å². The van der Waals surface area contributed by atoms with Crippen LogP contribution < -0.4 is 0 Å². The highest BCUT2D eigenvalue weighted by atomic mass is 16.6. The van der Waals surface area contributed by atoms with E-state index in [1.54, 1.807) is 0 Å². The van der Waals surface area contributed by atoms with Gasteiger partial charge < -0.3 is 14.7 Å². The lowest BCUT2D eigenvalue weighted by Gasteiger charge is -2.47. The van der Waals surface area contributed by atoms with E-state index in [9.17, 15) is 9.90 Å². The summed E-state index contributed by atoms with van der Waals surface area (Å²) in [6, 6.07) is 16.9. The molecule has 2 bridgehead atoms. The van der Waals surface area contributed by atoms with Gasteiger partial charge in [0, 0.05) is 24.4 Å². The standard InChI is InChI=1S/C22H23NO3/c24-21-11-15-10-9-14(21)12-23(15)22(25)26-13-20-18-7-3-1-5-16(18)17-6-2-4-8-19(17)20/h1-8,14-15,20-21,24H,9-13H2. The lowest BCUT2D eigenvalue weighted by molar-refractivity contribution is -0.0449. The lowest BCUT2D eigenvalue weighted by atomic mass is 9.78. The monoisotopic (exact) mass is 349 g/mol. The first-order chi connectivity index (χ1) is 12.7. The van der Waals surface area contributed by atoms with Gasteiger partial charge >= 0.3 is 6.09 Å². The average molecular weight is 349 g/mol. The summed E-state index contributed by atoms with van der Waals surface area (Å²) in [6.45, 7) is 0.992. The third-order valence-electron chi connectivity index (χ3n) is 6.37. The van der Waals surface area contributed by atoms with Crippen molar-refractivity contribution in [3.05, 3.63) is 59.7 Å². The molecule has 0 radical (unpaired) electrons. The predicted octanol–water partition coefficient (Wildman–Crippen LogP) is 3.78. The first-order valence-corrected chi connectivity index (χ1v) is 9.52. The minimum absolute atomic E-state index is 0.0962. The van der Waals surface area contributed by atoms with E-state index in [1.807, 2.05) is 17.0 Å². The van der Waals surface area contributed by atoms with Gasteiger partial charge in [0.2, 0.25) is 0 Å². The number of rotatable bonds is 2. The number of piperidine rings is 2.